The zero-order valence-electron chi connectivity index (χ0n) is 20.7. The monoisotopic (exact) mass is 459 g/mol. The van der Waals surface area contributed by atoms with Gasteiger partial charge in [-0.25, -0.2) is 4.98 Å². The molecule has 0 N–H and O–H groups in total. The van der Waals surface area contributed by atoms with Crippen molar-refractivity contribution in [1.29, 1.82) is 0 Å². The predicted molar refractivity (Wildman–Crippen MR) is 140 cm³/mol. The van der Waals surface area contributed by atoms with Gasteiger partial charge in [0.25, 0.3) is 0 Å². The normalized spacial score (nSPS) is 13.4. The fourth-order valence-corrected chi connectivity index (χ4v) is 4.54. The zero-order chi connectivity index (χ0) is 23.8. The highest BCUT2D eigenvalue weighted by Crippen LogP contribution is 2.28. The molecule has 2 heterocycles. The third-order valence-corrected chi connectivity index (χ3v) is 6.64. The molecule has 0 aliphatic rings. The van der Waals surface area contributed by atoms with Crippen LogP contribution >= 0.6 is 0 Å². The molecule has 0 saturated carbocycles. The Balaban J connectivity index is 1.52. The minimum absolute atomic E-state index is 0.140. The van der Waals surface area contributed by atoms with Crippen LogP contribution in [0.1, 0.15) is 58.1 Å². The summed E-state index contributed by atoms with van der Waals surface area (Å²) < 4.78 is 14.3. The molecule has 34 heavy (non-hydrogen) atoms. The number of hydrogen-bond acceptors (Lipinski definition) is 4. The molecule has 0 fully saturated rings. The maximum atomic E-state index is 6.11. The van der Waals surface area contributed by atoms with Crippen LogP contribution in [0.2, 0.25) is 0 Å². The molecule has 0 aliphatic heterocycles. The largest absolute Gasteiger partial charge is 0.493 e. The van der Waals surface area contributed by atoms with Gasteiger partial charge in [0.05, 0.1) is 42.8 Å². The summed E-state index contributed by atoms with van der Waals surface area (Å²) in [6.45, 7) is 8.66. The molecule has 2 aromatic heterocycles. The van der Waals surface area contributed by atoms with Crippen molar-refractivity contribution in [3.05, 3.63) is 66.6 Å². The van der Waals surface area contributed by atoms with Gasteiger partial charge in [0, 0.05) is 12.0 Å². The van der Waals surface area contributed by atoms with Gasteiger partial charge in [-0.3, -0.25) is 4.98 Å². The molecule has 180 valence electrons. The van der Waals surface area contributed by atoms with Gasteiger partial charge in [0.15, 0.2) is 0 Å². The second-order valence-corrected chi connectivity index (χ2v) is 9.05. The minimum Gasteiger partial charge on any atom is -0.493 e. The Hall–Kier alpha value is -2.92. The first-order valence-electron chi connectivity index (χ1n) is 12.7. The molecular weight excluding hydrogens is 422 g/mol. The summed E-state index contributed by atoms with van der Waals surface area (Å²) in [7, 11) is 0. The van der Waals surface area contributed by atoms with Crippen LogP contribution in [0, 0.1) is 5.92 Å². The number of para-hydroxylation sites is 1. The van der Waals surface area contributed by atoms with Crippen LogP contribution in [-0.4, -0.2) is 34.4 Å². The Labute approximate surface area is 203 Å². The third kappa shape index (κ3) is 5.76. The molecule has 1 unspecified atom stereocenters. The summed E-state index contributed by atoms with van der Waals surface area (Å²) in [5.74, 6) is 1.58. The summed E-state index contributed by atoms with van der Waals surface area (Å²) in [6, 6.07) is 17.0. The highest BCUT2D eigenvalue weighted by Gasteiger charge is 2.18. The number of unbranched alkanes of at least 4 members (excludes halogenated alkanes) is 1. The summed E-state index contributed by atoms with van der Waals surface area (Å²) in [5.41, 5.74) is 4.28. The average Bonchev–Trinajstić information content (AvgIpc) is 3.32. The molecule has 0 bridgehead atoms. The Morgan fingerprint density at radius 2 is 1.74 bits per heavy atom. The van der Waals surface area contributed by atoms with E-state index >= 15 is 0 Å². The highest BCUT2D eigenvalue weighted by atomic mass is 16.5. The summed E-state index contributed by atoms with van der Waals surface area (Å²) >= 11 is 0. The van der Waals surface area contributed by atoms with Crippen LogP contribution in [0.5, 0.6) is 5.75 Å². The van der Waals surface area contributed by atoms with Crippen molar-refractivity contribution in [2.75, 3.05) is 19.8 Å². The smallest absolute Gasteiger partial charge is 0.119 e. The lowest BCUT2D eigenvalue weighted by Gasteiger charge is -2.20. The zero-order valence-corrected chi connectivity index (χ0v) is 20.7. The van der Waals surface area contributed by atoms with E-state index in [-0.39, 0.29) is 6.04 Å². The van der Waals surface area contributed by atoms with E-state index in [0.29, 0.717) is 19.1 Å². The van der Waals surface area contributed by atoms with Gasteiger partial charge >= 0.3 is 0 Å². The van der Waals surface area contributed by atoms with Gasteiger partial charge in [0.1, 0.15) is 11.3 Å². The number of fused-ring (bicyclic) bond motifs is 3. The topological polar surface area (TPSA) is 49.2 Å². The Kier molecular flexibility index (Phi) is 8.53. The Morgan fingerprint density at radius 3 is 2.50 bits per heavy atom. The molecular formula is C29H37N3O2. The van der Waals surface area contributed by atoms with E-state index in [1.165, 1.54) is 31.2 Å². The van der Waals surface area contributed by atoms with E-state index in [4.69, 9.17) is 9.47 Å². The number of benzene rings is 2. The van der Waals surface area contributed by atoms with Crippen LogP contribution in [0.25, 0.3) is 21.9 Å². The number of pyridine rings is 1. The summed E-state index contributed by atoms with van der Waals surface area (Å²) in [5, 5.41) is 1.12. The van der Waals surface area contributed by atoms with Crippen molar-refractivity contribution in [1.82, 2.24) is 14.5 Å². The van der Waals surface area contributed by atoms with E-state index in [1.807, 2.05) is 31.6 Å². The van der Waals surface area contributed by atoms with Crippen LogP contribution in [0.4, 0.5) is 0 Å². The second-order valence-electron chi connectivity index (χ2n) is 9.05. The highest BCUT2D eigenvalue weighted by molar-refractivity contribution is 6.02. The summed E-state index contributed by atoms with van der Waals surface area (Å²) in [4.78, 5) is 9.22. The van der Waals surface area contributed by atoms with Crippen molar-refractivity contribution < 1.29 is 9.47 Å². The summed E-state index contributed by atoms with van der Waals surface area (Å²) in [6.07, 6.45) is 9.58. The minimum atomic E-state index is 0.140. The first-order chi connectivity index (χ1) is 16.7. The van der Waals surface area contributed by atoms with Gasteiger partial charge < -0.3 is 14.0 Å². The Bertz CT molecular complexity index is 1170. The SMILES string of the molecule is CCCCC(CC)COc1ccc(C[C@@H](COCC)n2cnc3cnc4ccccc4c32)cc1. The molecule has 5 heteroatoms. The first kappa shape index (κ1) is 24.2. The quantitative estimate of drug-likeness (QED) is 0.216. The molecule has 0 radical (unpaired) electrons. The molecule has 0 aliphatic carbocycles. The second kappa shape index (κ2) is 12.0. The number of hydrogen-bond donors (Lipinski definition) is 0. The van der Waals surface area contributed by atoms with Crippen LogP contribution in [0.3, 0.4) is 0 Å². The number of ether oxygens (including phenoxy) is 2. The molecule has 0 saturated heterocycles. The van der Waals surface area contributed by atoms with E-state index in [2.05, 4.69) is 64.8 Å². The van der Waals surface area contributed by atoms with E-state index in [0.717, 1.165) is 40.7 Å². The fourth-order valence-electron chi connectivity index (χ4n) is 4.54. The first-order valence-corrected chi connectivity index (χ1v) is 12.7. The Morgan fingerprint density at radius 1 is 0.912 bits per heavy atom. The number of aromatic nitrogens is 3. The number of rotatable bonds is 13. The maximum Gasteiger partial charge on any atom is 0.119 e. The number of nitrogens with zero attached hydrogens (tertiary/aromatic N) is 3. The molecule has 4 rings (SSSR count). The standard InChI is InChI=1S/C29H37N3O2/c1-4-7-10-22(5-2)19-34-25-15-13-23(14-16-25)17-24(20-33-6-3)32-21-31-28-18-30-27-12-9-8-11-26(27)29(28)32/h8-9,11-16,18,21-22,24H,4-7,10,17,19-20H2,1-3H3/t22?,24-/m0/s1. The predicted octanol–water partition coefficient (Wildman–Crippen LogP) is 7.00. The van der Waals surface area contributed by atoms with Crippen LogP contribution < -0.4 is 4.74 Å². The fraction of sp³-hybridized carbons (Fsp3) is 0.448. The van der Waals surface area contributed by atoms with Crippen LogP contribution in [0.15, 0.2) is 61.1 Å². The molecule has 0 spiro atoms. The lowest BCUT2D eigenvalue weighted by Crippen LogP contribution is -2.18. The van der Waals surface area contributed by atoms with Gasteiger partial charge in [-0.1, -0.05) is 63.4 Å². The van der Waals surface area contributed by atoms with Crippen molar-refractivity contribution >= 4 is 21.9 Å². The lowest BCUT2D eigenvalue weighted by atomic mass is 10.0. The van der Waals surface area contributed by atoms with Crippen LogP contribution in [-0.2, 0) is 11.2 Å². The molecule has 5 nitrogen and oxygen atoms in total. The molecule has 4 aromatic rings. The van der Waals surface area contributed by atoms with Crippen molar-refractivity contribution in [2.45, 2.75) is 58.9 Å². The van der Waals surface area contributed by atoms with Gasteiger partial charge in [0.2, 0.25) is 0 Å². The van der Waals surface area contributed by atoms with E-state index < -0.39 is 0 Å². The van der Waals surface area contributed by atoms with E-state index in [9.17, 15) is 0 Å². The lowest BCUT2D eigenvalue weighted by molar-refractivity contribution is 0.114. The maximum absolute atomic E-state index is 6.11. The molecule has 2 atom stereocenters. The van der Waals surface area contributed by atoms with Gasteiger partial charge in [-0.15, -0.1) is 0 Å². The number of imidazole rings is 1. The van der Waals surface area contributed by atoms with Gasteiger partial charge in [-0.2, -0.15) is 0 Å². The van der Waals surface area contributed by atoms with Crippen molar-refractivity contribution in [3.63, 3.8) is 0 Å². The molecule has 2 aromatic carbocycles. The third-order valence-electron chi connectivity index (χ3n) is 6.64. The average molecular weight is 460 g/mol. The van der Waals surface area contributed by atoms with Gasteiger partial charge in [-0.05, 0) is 49.4 Å². The van der Waals surface area contributed by atoms with E-state index in [1.54, 1.807) is 0 Å². The molecule has 0 amide bonds. The van der Waals surface area contributed by atoms with Crippen molar-refractivity contribution in [2.24, 2.45) is 5.92 Å². The van der Waals surface area contributed by atoms with Crippen molar-refractivity contribution in [3.8, 4) is 5.75 Å².